The first kappa shape index (κ1) is 8.09. The van der Waals surface area contributed by atoms with E-state index in [1.165, 1.54) is 25.7 Å². The molecule has 2 aliphatic rings. The lowest BCUT2D eigenvalue weighted by molar-refractivity contribution is 0.342. The highest BCUT2D eigenvalue weighted by Gasteiger charge is 2.38. The molecule has 2 bridgehead atoms. The Morgan fingerprint density at radius 1 is 1.42 bits per heavy atom. The number of aliphatic imine (C=N–C) groups is 1. The van der Waals surface area contributed by atoms with Crippen molar-refractivity contribution in [2.45, 2.75) is 32.6 Å². The average molecular weight is 166 g/mol. The van der Waals surface area contributed by atoms with E-state index >= 15 is 0 Å². The highest BCUT2D eigenvalue weighted by Crippen LogP contribution is 2.48. The molecular weight excluding hydrogens is 148 g/mol. The van der Waals surface area contributed by atoms with Crippen LogP contribution >= 0.6 is 0 Å². The Hall–Kier alpha value is -0.530. The largest absolute Gasteiger partial charge is 0.388 e. The molecule has 0 aliphatic heterocycles. The van der Waals surface area contributed by atoms with Crippen molar-refractivity contribution in [1.82, 2.24) is 0 Å². The summed E-state index contributed by atoms with van der Waals surface area (Å²) in [6, 6.07) is 0. The van der Waals surface area contributed by atoms with E-state index in [0.29, 0.717) is 0 Å². The molecule has 3 unspecified atom stereocenters. The number of rotatable bonds is 2. The van der Waals surface area contributed by atoms with Gasteiger partial charge in [-0.3, -0.25) is 4.99 Å². The van der Waals surface area contributed by atoms with E-state index in [9.17, 15) is 0 Å². The first-order valence-electron chi connectivity index (χ1n) is 5.02. The third-order valence-corrected chi connectivity index (χ3v) is 3.46. The van der Waals surface area contributed by atoms with Gasteiger partial charge < -0.3 is 5.73 Å². The minimum Gasteiger partial charge on any atom is -0.388 e. The molecule has 0 aromatic heterocycles. The Morgan fingerprint density at radius 3 is 2.75 bits per heavy atom. The van der Waals surface area contributed by atoms with Gasteiger partial charge in [-0.2, -0.15) is 0 Å². The van der Waals surface area contributed by atoms with E-state index in [2.05, 4.69) is 4.99 Å². The van der Waals surface area contributed by atoms with Crippen molar-refractivity contribution < 1.29 is 0 Å². The quantitative estimate of drug-likeness (QED) is 0.493. The maximum atomic E-state index is 5.52. The molecule has 0 heterocycles. The number of amidine groups is 1. The van der Waals surface area contributed by atoms with E-state index in [0.717, 1.165) is 30.1 Å². The highest BCUT2D eigenvalue weighted by molar-refractivity contribution is 5.77. The third-order valence-electron chi connectivity index (χ3n) is 3.46. The molecule has 2 fully saturated rings. The smallest absolute Gasteiger partial charge is 0.0905 e. The van der Waals surface area contributed by atoms with Gasteiger partial charge in [0.2, 0.25) is 0 Å². The minimum absolute atomic E-state index is 0.748. The summed E-state index contributed by atoms with van der Waals surface area (Å²) >= 11 is 0. The first-order valence-corrected chi connectivity index (χ1v) is 5.02. The molecule has 2 rings (SSSR count). The molecule has 2 aliphatic carbocycles. The zero-order valence-corrected chi connectivity index (χ0v) is 7.79. The normalized spacial score (nSPS) is 40.8. The van der Waals surface area contributed by atoms with E-state index in [1.54, 1.807) is 0 Å². The molecular formula is C10H18N2. The molecule has 12 heavy (non-hydrogen) atoms. The van der Waals surface area contributed by atoms with Gasteiger partial charge in [-0.1, -0.05) is 6.42 Å². The fourth-order valence-electron chi connectivity index (χ4n) is 2.86. The molecule has 2 heteroatoms. The fraction of sp³-hybridized carbons (Fsp3) is 0.900. The molecule has 0 amide bonds. The predicted molar refractivity (Wildman–Crippen MR) is 51.1 cm³/mol. The Kier molecular flexibility index (Phi) is 2.07. The zero-order chi connectivity index (χ0) is 8.55. The SMILES string of the molecule is CC(N)=NCC1CC2CCC1C2. The molecule has 0 spiro atoms. The number of nitrogens with zero attached hydrogens (tertiary/aromatic N) is 1. The van der Waals surface area contributed by atoms with Crippen LogP contribution in [0.25, 0.3) is 0 Å². The summed E-state index contributed by atoms with van der Waals surface area (Å²) in [5.74, 6) is 3.63. The average Bonchev–Trinajstić information content (AvgIpc) is 2.60. The second-order valence-corrected chi connectivity index (χ2v) is 4.42. The van der Waals surface area contributed by atoms with E-state index < -0.39 is 0 Å². The molecule has 3 atom stereocenters. The van der Waals surface area contributed by atoms with Gasteiger partial charge in [0.25, 0.3) is 0 Å². The van der Waals surface area contributed by atoms with Crippen LogP contribution in [0.4, 0.5) is 0 Å². The van der Waals surface area contributed by atoms with Crippen LogP contribution in [0.2, 0.25) is 0 Å². The molecule has 0 radical (unpaired) electrons. The number of hydrogen-bond acceptors (Lipinski definition) is 1. The summed E-state index contributed by atoms with van der Waals surface area (Å²) in [7, 11) is 0. The van der Waals surface area contributed by atoms with Gasteiger partial charge in [-0.25, -0.2) is 0 Å². The Bertz CT molecular complexity index is 194. The number of fused-ring (bicyclic) bond motifs is 2. The van der Waals surface area contributed by atoms with E-state index in [-0.39, 0.29) is 0 Å². The summed E-state index contributed by atoms with van der Waals surface area (Å²) in [6.07, 6.45) is 5.83. The first-order chi connectivity index (χ1) is 5.75. The Morgan fingerprint density at radius 2 is 2.25 bits per heavy atom. The maximum Gasteiger partial charge on any atom is 0.0905 e. The topological polar surface area (TPSA) is 38.4 Å². The van der Waals surface area contributed by atoms with Gasteiger partial charge in [0.1, 0.15) is 0 Å². The summed E-state index contributed by atoms with van der Waals surface area (Å²) < 4.78 is 0. The fourth-order valence-corrected chi connectivity index (χ4v) is 2.86. The van der Waals surface area contributed by atoms with Crippen LogP contribution in [0.1, 0.15) is 32.6 Å². The van der Waals surface area contributed by atoms with Gasteiger partial charge in [0.05, 0.1) is 5.84 Å². The number of hydrogen-bond donors (Lipinski definition) is 1. The van der Waals surface area contributed by atoms with Gasteiger partial charge in [0.15, 0.2) is 0 Å². The van der Waals surface area contributed by atoms with Gasteiger partial charge in [-0.05, 0) is 43.9 Å². The van der Waals surface area contributed by atoms with Gasteiger partial charge in [0, 0.05) is 6.54 Å². The minimum atomic E-state index is 0.748. The van der Waals surface area contributed by atoms with E-state index in [1.807, 2.05) is 6.92 Å². The third kappa shape index (κ3) is 1.47. The van der Waals surface area contributed by atoms with Crippen LogP contribution in [0.3, 0.4) is 0 Å². The molecule has 2 saturated carbocycles. The molecule has 0 aromatic carbocycles. The molecule has 2 nitrogen and oxygen atoms in total. The van der Waals surface area contributed by atoms with Crippen molar-refractivity contribution in [3.05, 3.63) is 0 Å². The predicted octanol–water partition coefficient (Wildman–Crippen LogP) is 1.80. The lowest BCUT2D eigenvalue weighted by Crippen LogP contribution is -2.16. The second kappa shape index (κ2) is 3.08. The van der Waals surface area contributed by atoms with Gasteiger partial charge >= 0.3 is 0 Å². The zero-order valence-electron chi connectivity index (χ0n) is 7.79. The van der Waals surface area contributed by atoms with Crippen molar-refractivity contribution in [2.24, 2.45) is 28.5 Å². The van der Waals surface area contributed by atoms with Crippen LogP contribution in [0, 0.1) is 17.8 Å². The highest BCUT2D eigenvalue weighted by atomic mass is 14.8. The van der Waals surface area contributed by atoms with Crippen LogP contribution < -0.4 is 5.73 Å². The molecule has 0 saturated heterocycles. The summed E-state index contributed by atoms with van der Waals surface area (Å²) in [6.45, 7) is 2.87. The van der Waals surface area contributed by atoms with Crippen molar-refractivity contribution in [2.75, 3.05) is 6.54 Å². The van der Waals surface area contributed by atoms with Crippen molar-refractivity contribution >= 4 is 5.84 Å². The van der Waals surface area contributed by atoms with Crippen LogP contribution in [0.5, 0.6) is 0 Å². The van der Waals surface area contributed by atoms with Gasteiger partial charge in [-0.15, -0.1) is 0 Å². The standard InChI is InChI=1S/C10H18N2/c1-7(11)12-6-10-5-8-2-3-9(10)4-8/h8-10H,2-6H2,1H3,(H2,11,12). The molecule has 0 aromatic rings. The van der Waals surface area contributed by atoms with Crippen molar-refractivity contribution in [3.8, 4) is 0 Å². The van der Waals surface area contributed by atoms with Crippen molar-refractivity contribution in [1.29, 1.82) is 0 Å². The lowest BCUT2D eigenvalue weighted by atomic mass is 9.89. The van der Waals surface area contributed by atoms with E-state index in [4.69, 9.17) is 5.73 Å². The van der Waals surface area contributed by atoms with Crippen molar-refractivity contribution in [3.63, 3.8) is 0 Å². The Labute approximate surface area is 74.2 Å². The van der Waals surface area contributed by atoms with Crippen LogP contribution in [0.15, 0.2) is 4.99 Å². The summed E-state index contributed by atoms with van der Waals surface area (Å²) in [5.41, 5.74) is 5.52. The maximum absolute atomic E-state index is 5.52. The molecule has 2 N–H and O–H groups in total. The van der Waals surface area contributed by atoms with Crippen LogP contribution in [-0.4, -0.2) is 12.4 Å². The monoisotopic (exact) mass is 166 g/mol. The van der Waals surface area contributed by atoms with Crippen LogP contribution in [-0.2, 0) is 0 Å². The second-order valence-electron chi connectivity index (χ2n) is 4.42. The Balaban J connectivity index is 1.87. The molecule has 68 valence electrons. The lowest BCUT2D eigenvalue weighted by Gasteiger charge is -2.19. The number of nitrogens with two attached hydrogens (primary N) is 1. The summed E-state index contributed by atoms with van der Waals surface area (Å²) in [5, 5.41) is 0. The summed E-state index contributed by atoms with van der Waals surface area (Å²) in [4.78, 5) is 4.32.